The molecule has 2 N–H and O–H groups in total. The Morgan fingerprint density at radius 1 is 1.10 bits per heavy atom. The molecule has 0 aliphatic rings. The van der Waals surface area contributed by atoms with Crippen LogP contribution in [0.2, 0.25) is 5.02 Å². The largest absolute Gasteiger partial charge is 0.355 e. The Balaban J connectivity index is 1.89. The number of halogens is 2. The molecule has 0 fully saturated rings. The van der Waals surface area contributed by atoms with Crippen LogP contribution in [-0.2, 0) is 0 Å². The predicted octanol–water partition coefficient (Wildman–Crippen LogP) is 4.59. The zero-order chi connectivity index (χ0) is 20.4. The minimum Gasteiger partial charge on any atom is -0.355 e. The fraction of sp³-hybridized carbons (Fsp3) is 0.0476. The van der Waals surface area contributed by atoms with E-state index in [1.54, 1.807) is 37.6 Å². The lowest BCUT2D eigenvalue weighted by Gasteiger charge is -2.14. The van der Waals surface area contributed by atoms with E-state index in [4.69, 9.17) is 11.6 Å². The first kappa shape index (κ1) is 18.8. The van der Waals surface area contributed by atoms with Crippen LogP contribution in [-0.4, -0.2) is 27.9 Å². The number of hydrogen-bond donors (Lipinski definition) is 2. The van der Waals surface area contributed by atoms with Crippen LogP contribution in [0.5, 0.6) is 0 Å². The van der Waals surface area contributed by atoms with Crippen LogP contribution in [0.3, 0.4) is 0 Å². The quantitative estimate of drug-likeness (QED) is 0.517. The monoisotopic (exact) mass is 407 g/mol. The average molecular weight is 408 g/mol. The van der Waals surface area contributed by atoms with Gasteiger partial charge in [-0.2, -0.15) is 0 Å². The van der Waals surface area contributed by atoms with Gasteiger partial charge >= 0.3 is 0 Å². The highest BCUT2D eigenvalue weighted by Crippen LogP contribution is 2.32. The molecule has 144 valence electrons. The van der Waals surface area contributed by atoms with Gasteiger partial charge in [0.1, 0.15) is 5.82 Å². The molecule has 0 spiro atoms. The molecule has 0 saturated carbocycles. The van der Waals surface area contributed by atoms with Crippen LogP contribution in [0.4, 0.5) is 15.8 Å². The molecule has 29 heavy (non-hydrogen) atoms. The topological polar surface area (TPSA) is 79.8 Å². The molecule has 0 aliphatic carbocycles. The van der Waals surface area contributed by atoms with Gasteiger partial charge in [-0.25, -0.2) is 14.4 Å². The van der Waals surface area contributed by atoms with Crippen LogP contribution in [0, 0.1) is 5.82 Å². The normalized spacial score (nSPS) is 10.7. The summed E-state index contributed by atoms with van der Waals surface area (Å²) < 4.78 is 14.4. The summed E-state index contributed by atoms with van der Waals surface area (Å²) in [5.74, 6) is -0.726. The Morgan fingerprint density at radius 2 is 1.97 bits per heavy atom. The molecule has 6 nitrogen and oxygen atoms in total. The second-order valence-electron chi connectivity index (χ2n) is 6.18. The van der Waals surface area contributed by atoms with Gasteiger partial charge in [-0.1, -0.05) is 11.6 Å². The van der Waals surface area contributed by atoms with Crippen LogP contribution < -0.4 is 10.6 Å². The third-order valence-corrected chi connectivity index (χ3v) is 4.59. The van der Waals surface area contributed by atoms with Crippen molar-refractivity contribution >= 4 is 39.9 Å². The average Bonchev–Trinajstić information content (AvgIpc) is 2.75. The Hall–Kier alpha value is -3.58. The number of carbonyl (C=O) groups is 1. The van der Waals surface area contributed by atoms with Gasteiger partial charge in [-0.3, -0.25) is 9.78 Å². The molecule has 1 amide bonds. The number of fused-ring (bicyclic) bond motifs is 1. The number of anilines is 2. The van der Waals surface area contributed by atoms with E-state index < -0.39 is 5.82 Å². The second-order valence-corrected chi connectivity index (χ2v) is 6.62. The number of amides is 1. The van der Waals surface area contributed by atoms with E-state index in [1.165, 1.54) is 24.4 Å². The maximum absolute atomic E-state index is 14.4. The Labute approximate surface area is 170 Å². The molecule has 0 bridgehead atoms. The molecular formula is C21H15ClFN5O. The number of carbonyl (C=O) groups excluding carboxylic acids is 1. The van der Waals surface area contributed by atoms with E-state index >= 15 is 0 Å². The highest BCUT2D eigenvalue weighted by Gasteiger charge is 2.15. The first-order valence-corrected chi connectivity index (χ1v) is 9.09. The third-order valence-electron chi connectivity index (χ3n) is 4.35. The van der Waals surface area contributed by atoms with Gasteiger partial charge in [0.2, 0.25) is 0 Å². The van der Waals surface area contributed by atoms with Gasteiger partial charge in [-0.05, 0) is 42.5 Å². The van der Waals surface area contributed by atoms with Gasteiger partial charge in [-0.15, -0.1) is 0 Å². The highest BCUT2D eigenvalue weighted by atomic mass is 35.5. The third kappa shape index (κ3) is 3.72. The smallest absolute Gasteiger partial charge is 0.254 e. The van der Waals surface area contributed by atoms with Gasteiger partial charge in [0.15, 0.2) is 5.65 Å². The van der Waals surface area contributed by atoms with E-state index in [2.05, 4.69) is 25.6 Å². The minimum atomic E-state index is -0.446. The number of nitrogens with one attached hydrogen (secondary N) is 2. The van der Waals surface area contributed by atoms with Crippen LogP contribution in [0.15, 0.2) is 61.1 Å². The second kappa shape index (κ2) is 7.81. The molecule has 0 unspecified atom stereocenters. The molecule has 8 heteroatoms. The molecule has 3 heterocycles. The maximum atomic E-state index is 14.4. The van der Waals surface area contributed by atoms with Crippen molar-refractivity contribution in [2.75, 3.05) is 12.4 Å². The Morgan fingerprint density at radius 3 is 2.79 bits per heavy atom. The van der Waals surface area contributed by atoms with Crippen LogP contribution in [0.1, 0.15) is 10.4 Å². The summed E-state index contributed by atoms with van der Waals surface area (Å²) in [5, 5.41) is 6.95. The van der Waals surface area contributed by atoms with Crippen molar-refractivity contribution in [3.05, 3.63) is 77.5 Å². The number of nitrogens with zero attached hydrogens (tertiary/aromatic N) is 3. The highest BCUT2D eigenvalue weighted by molar-refractivity contribution is 6.30. The number of rotatable bonds is 4. The van der Waals surface area contributed by atoms with Gasteiger partial charge < -0.3 is 10.6 Å². The fourth-order valence-corrected chi connectivity index (χ4v) is 3.13. The number of benzene rings is 1. The maximum Gasteiger partial charge on any atom is 0.254 e. The number of pyridine rings is 3. The van der Waals surface area contributed by atoms with Crippen molar-refractivity contribution in [2.24, 2.45) is 0 Å². The van der Waals surface area contributed by atoms with Crippen molar-refractivity contribution in [1.82, 2.24) is 20.3 Å². The summed E-state index contributed by atoms with van der Waals surface area (Å²) in [6.45, 7) is 0. The van der Waals surface area contributed by atoms with E-state index in [9.17, 15) is 9.18 Å². The van der Waals surface area contributed by atoms with Crippen LogP contribution in [0.25, 0.3) is 22.3 Å². The van der Waals surface area contributed by atoms with E-state index in [0.717, 1.165) is 5.39 Å². The summed E-state index contributed by atoms with van der Waals surface area (Å²) in [7, 11) is 1.55. The number of aromatic nitrogens is 3. The van der Waals surface area contributed by atoms with Crippen molar-refractivity contribution in [3.8, 4) is 11.3 Å². The molecule has 4 rings (SSSR count). The van der Waals surface area contributed by atoms with E-state index in [-0.39, 0.29) is 11.5 Å². The lowest BCUT2D eigenvalue weighted by Crippen LogP contribution is -2.19. The minimum absolute atomic E-state index is 0.259. The molecule has 0 radical (unpaired) electrons. The van der Waals surface area contributed by atoms with Crippen molar-refractivity contribution in [1.29, 1.82) is 0 Å². The SMILES string of the molecule is CNC(=O)c1cnccc1Nc1cc(-c2cc(Cl)ccc2F)nc2ncccc12. The van der Waals surface area contributed by atoms with Crippen LogP contribution >= 0.6 is 11.6 Å². The fourth-order valence-electron chi connectivity index (χ4n) is 2.96. The standard InChI is InChI=1S/C21H15ClFN5O/c1-24-21(29)15-11-25-8-6-17(15)27-18-10-19(14-9-12(22)4-5-16(14)23)28-20-13(18)3-2-7-26-20/h2-11H,1H3,(H,24,29)(H,25,26,27,28). The molecular weight excluding hydrogens is 393 g/mol. The zero-order valence-corrected chi connectivity index (χ0v) is 16.0. The van der Waals surface area contributed by atoms with E-state index in [1.807, 2.05) is 6.07 Å². The predicted molar refractivity (Wildman–Crippen MR) is 111 cm³/mol. The van der Waals surface area contributed by atoms with Crippen molar-refractivity contribution < 1.29 is 9.18 Å². The first-order valence-electron chi connectivity index (χ1n) is 8.71. The molecule has 4 aromatic rings. The lowest BCUT2D eigenvalue weighted by atomic mass is 10.1. The summed E-state index contributed by atoms with van der Waals surface area (Å²) in [6.07, 6.45) is 4.66. The molecule has 3 aromatic heterocycles. The van der Waals surface area contributed by atoms with Crippen molar-refractivity contribution in [3.63, 3.8) is 0 Å². The zero-order valence-electron chi connectivity index (χ0n) is 15.3. The summed E-state index contributed by atoms with van der Waals surface area (Å²) in [4.78, 5) is 25.0. The first-order chi connectivity index (χ1) is 14.1. The molecule has 0 saturated heterocycles. The molecule has 0 aliphatic heterocycles. The molecule has 0 atom stereocenters. The van der Waals surface area contributed by atoms with Gasteiger partial charge in [0, 0.05) is 41.6 Å². The van der Waals surface area contributed by atoms with Gasteiger partial charge in [0.05, 0.1) is 22.6 Å². The molecule has 1 aromatic carbocycles. The Kier molecular flexibility index (Phi) is 5.05. The lowest BCUT2D eigenvalue weighted by molar-refractivity contribution is 0.0963. The summed E-state index contributed by atoms with van der Waals surface area (Å²) in [6, 6.07) is 11.3. The van der Waals surface area contributed by atoms with Crippen molar-refractivity contribution in [2.45, 2.75) is 0 Å². The summed E-state index contributed by atoms with van der Waals surface area (Å²) >= 11 is 6.05. The summed E-state index contributed by atoms with van der Waals surface area (Å²) in [5.41, 5.74) is 2.60. The Bertz CT molecular complexity index is 1230. The van der Waals surface area contributed by atoms with E-state index in [0.29, 0.717) is 33.3 Å². The van der Waals surface area contributed by atoms with Gasteiger partial charge in [0.25, 0.3) is 5.91 Å². The number of hydrogen-bond acceptors (Lipinski definition) is 5.